The van der Waals surface area contributed by atoms with Gasteiger partial charge in [0.1, 0.15) is 0 Å². The SMILES string of the molecule is C=CC(=O)O.FC(F)(F)C(Cl)Br. The summed E-state index contributed by atoms with van der Waals surface area (Å²) in [7, 11) is 0. The standard InChI is InChI=1S/C3H4O2.C2HBrClF3/c1-2-3(4)5;3-1(4)2(5,6)7/h2H,1H2,(H,4,5);1H. The largest absolute Gasteiger partial charge is 0.478 e. The minimum Gasteiger partial charge on any atom is -0.478 e. The second kappa shape index (κ2) is 6.30. The molecular formula is C5H5BrClF3O2. The van der Waals surface area contributed by atoms with Gasteiger partial charge in [0.05, 0.1) is 0 Å². The van der Waals surface area contributed by atoms with Crippen LogP contribution in [-0.2, 0) is 4.79 Å². The van der Waals surface area contributed by atoms with E-state index in [2.05, 4.69) is 34.1 Å². The van der Waals surface area contributed by atoms with E-state index in [4.69, 9.17) is 5.11 Å². The van der Waals surface area contributed by atoms with Crippen LogP contribution in [0.2, 0.25) is 0 Å². The van der Waals surface area contributed by atoms with E-state index in [9.17, 15) is 18.0 Å². The Morgan fingerprint density at radius 3 is 1.83 bits per heavy atom. The van der Waals surface area contributed by atoms with Crippen LogP contribution in [0.5, 0.6) is 0 Å². The number of hydrogen-bond acceptors (Lipinski definition) is 1. The molecule has 0 bridgehead atoms. The zero-order valence-corrected chi connectivity index (χ0v) is 7.95. The summed E-state index contributed by atoms with van der Waals surface area (Å²) in [6.07, 6.45) is -3.48. The Kier molecular flexibility index (Phi) is 7.51. The molecule has 0 heterocycles. The summed E-state index contributed by atoms with van der Waals surface area (Å²) in [5, 5.41) is 7.60. The van der Waals surface area contributed by atoms with Gasteiger partial charge in [0, 0.05) is 6.08 Å². The van der Waals surface area contributed by atoms with Gasteiger partial charge in [-0.2, -0.15) is 13.2 Å². The molecule has 1 unspecified atom stereocenters. The van der Waals surface area contributed by atoms with Gasteiger partial charge >= 0.3 is 12.1 Å². The lowest BCUT2D eigenvalue weighted by molar-refractivity contribution is -0.131. The maximum Gasteiger partial charge on any atom is 0.414 e. The van der Waals surface area contributed by atoms with Gasteiger partial charge in [0.2, 0.25) is 0 Å². The van der Waals surface area contributed by atoms with Crippen LogP contribution in [0.3, 0.4) is 0 Å². The maximum absolute atomic E-state index is 11.0. The van der Waals surface area contributed by atoms with E-state index >= 15 is 0 Å². The lowest BCUT2D eigenvalue weighted by Gasteiger charge is -2.03. The van der Waals surface area contributed by atoms with Gasteiger partial charge in [-0.1, -0.05) is 22.5 Å². The molecule has 0 aliphatic rings. The average Bonchev–Trinajstić information content (AvgIpc) is 1.87. The van der Waals surface area contributed by atoms with Gasteiger partial charge in [-0.3, -0.25) is 0 Å². The number of aliphatic carboxylic acids is 1. The van der Waals surface area contributed by atoms with Crippen molar-refractivity contribution < 1.29 is 23.1 Å². The second-order valence-electron chi connectivity index (χ2n) is 1.38. The first kappa shape index (κ1) is 14.3. The van der Waals surface area contributed by atoms with Crippen molar-refractivity contribution in [2.45, 2.75) is 10.5 Å². The van der Waals surface area contributed by atoms with Crippen molar-refractivity contribution in [3.63, 3.8) is 0 Å². The third kappa shape index (κ3) is 12.4. The molecule has 0 spiro atoms. The zero-order valence-electron chi connectivity index (χ0n) is 5.61. The molecule has 0 rings (SSSR count). The Balaban J connectivity index is 0. The fourth-order valence-electron chi connectivity index (χ4n) is 0. The molecular weight excluding hydrogens is 264 g/mol. The fraction of sp³-hybridized carbons (Fsp3) is 0.400. The molecule has 0 aromatic rings. The van der Waals surface area contributed by atoms with Crippen LogP contribution in [0, 0.1) is 0 Å². The van der Waals surface area contributed by atoms with E-state index < -0.39 is 16.4 Å². The van der Waals surface area contributed by atoms with Gasteiger partial charge in [-0.05, 0) is 0 Å². The molecule has 2 nitrogen and oxygen atoms in total. The number of carbonyl (C=O) groups is 1. The molecule has 0 saturated heterocycles. The number of carboxylic acids is 1. The Morgan fingerprint density at radius 1 is 1.67 bits per heavy atom. The highest BCUT2D eigenvalue weighted by Gasteiger charge is 2.35. The lowest BCUT2D eigenvalue weighted by atomic mass is 10.7. The number of carboxylic acid groups (broad SMARTS) is 1. The molecule has 1 N–H and O–H groups in total. The molecule has 0 radical (unpaired) electrons. The van der Waals surface area contributed by atoms with Crippen molar-refractivity contribution in [2.24, 2.45) is 0 Å². The van der Waals surface area contributed by atoms with E-state index in [1.54, 1.807) is 0 Å². The predicted molar refractivity (Wildman–Crippen MR) is 42.5 cm³/mol. The molecule has 0 amide bonds. The van der Waals surface area contributed by atoms with Crippen LogP contribution in [0.1, 0.15) is 0 Å². The summed E-state index contributed by atoms with van der Waals surface area (Å²) < 4.78 is 31.1. The van der Waals surface area contributed by atoms with Crippen molar-refractivity contribution in [3.05, 3.63) is 12.7 Å². The summed E-state index contributed by atoms with van der Waals surface area (Å²) in [4.78, 5) is 9.25. The summed E-state index contributed by atoms with van der Waals surface area (Å²) in [6.45, 7) is 2.96. The first-order chi connectivity index (χ1) is 5.21. The fourth-order valence-corrected chi connectivity index (χ4v) is 0. The van der Waals surface area contributed by atoms with E-state index in [-0.39, 0.29) is 0 Å². The Hall–Kier alpha value is -0.230. The first-order valence-corrected chi connectivity index (χ1v) is 3.77. The molecule has 0 aliphatic carbocycles. The monoisotopic (exact) mass is 268 g/mol. The van der Waals surface area contributed by atoms with Gasteiger partial charge in [0.15, 0.2) is 4.29 Å². The summed E-state index contributed by atoms with van der Waals surface area (Å²) in [5.41, 5.74) is 0. The van der Waals surface area contributed by atoms with Crippen LogP contribution >= 0.6 is 27.5 Å². The highest BCUT2D eigenvalue weighted by atomic mass is 79.9. The minimum absolute atomic E-state index is 0.833. The van der Waals surface area contributed by atoms with E-state index in [1.807, 2.05) is 0 Å². The Morgan fingerprint density at radius 2 is 1.83 bits per heavy atom. The van der Waals surface area contributed by atoms with Gasteiger partial charge in [0.25, 0.3) is 0 Å². The smallest absolute Gasteiger partial charge is 0.414 e. The summed E-state index contributed by atoms with van der Waals surface area (Å²) in [5.74, 6) is -0.981. The quantitative estimate of drug-likeness (QED) is 0.587. The van der Waals surface area contributed by atoms with Crippen molar-refractivity contribution in [2.75, 3.05) is 0 Å². The number of rotatable bonds is 1. The van der Waals surface area contributed by atoms with Gasteiger partial charge in [-0.25, -0.2) is 4.79 Å². The molecule has 0 aromatic heterocycles. The van der Waals surface area contributed by atoms with Gasteiger partial charge < -0.3 is 5.11 Å². The van der Waals surface area contributed by atoms with Crippen LogP contribution in [0.25, 0.3) is 0 Å². The normalized spacial score (nSPS) is 12.4. The molecule has 7 heteroatoms. The average molecular weight is 269 g/mol. The second-order valence-corrected chi connectivity index (χ2v) is 3.26. The third-order valence-corrected chi connectivity index (χ3v) is 1.19. The zero-order chi connectivity index (χ0) is 10.4. The van der Waals surface area contributed by atoms with Gasteiger partial charge in [-0.15, -0.1) is 11.6 Å². The van der Waals surface area contributed by atoms with Crippen LogP contribution in [-0.4, -0.2) is 21.5 Å². The number of halogens is 5. The topological polar surface area (TPSA) is 37.3 Å². The van der Waals surface area contributed by atoms with Crippen molar-refractivity contribution in [1.29, 1.82) is 0 Å². The lowest BCUT2D eigenvalue weighted by Crippen LogP contribution is -2.16. The summed E-state index contributed by atoms with van der Waals surface area (Å²) in [6, 6.07) is 0. The van der Waals surface area contributed by atoms with Crippen molar-refractivity contribution in [3.8, 4) is 0 Å². The van der Waals surface area contributed by atoms with Crippen LogP contribution in [0.4, 0.5) is 13.2 Å². The molecule has 72 valence electrons. The third-order valence-electron chi connectivity index (χ3n) is 0.422. The molecule has 0 saturated carbocycles. The van der Waals surface area contributed by atoms with E-state index in [0.29, 0.717) is 0 Å². The van der Waals surface area contributed by atoms with E-state index in [1.165, 1.54) is 0 Å². The summed E-state index contributed by atoms with van der Waals surface area (Å²) >= 11 is 6.68. The van der Waals surface area contributed by atoms with Crippen LogP contribution in [0.15, 0.2) is 12.7 Å². The minimum atomic E-state index is -4.32. The molecule has 0 aliphatic heterocycles. The highest BCUT2D eigenvalue weighted by molar-refractivity contribution is 9.10. The molecule has 0 aromatic carbocycles. The van der Waals surface area contributed by atoms with Crippen molar-refractivity contribution >= 4 is 33.5 Å². The van der Waals surface area contributed by atoms with E-state index in [0.717, 1.165) is 6.08 Å². The Labute approximate surface area is 80.1 Å². The van der Waals surface area contributed by atoms with Crippen LogP contribution < -0.4 is 0 Å². The Bertz CT molecular complexity index is 157. The molecule has 12 heavy (non-hydrogen) atoms. The first-order valence-electron chi connectivity index (χ1n) is 2.42. The highest BCUT2D eigenvalue weighted by Crippen LogP contribution is 2.28. The molecule has 0 fully saturated rings. The molecule has 1 atom stereocenters. The predicted octanol–water partition coefficient (Wildman–Crippen LogP) is 2.77. The number of hydrogen-bond donors (Lipinski definition) is 1. The van der Waals surface area contributed by atoms with Crippen molar-refractivity contribution in [1.82, 2.24) is 0 Å². The number of alkyl halides is 5. The maximum atomic E-state index is 11.0.